The van der Waals surface area contributed by atoms with Gasteiger partial charge in [-0.2, -0.15) is 0 Å². The van der Waals surface area contributed by atoms with Crippen LogP contribution < -0.4 is 9.47 Å². The monoisotopic (exact) mass is 524 g/mol. The van der Waals surface area contributed by atoms with Gasteiger partial charge in [0.2, 0.25) is 0 Å². The van der Waals surface area contributed by atoms with Crippen molar-refractivity contribution in [3.8, 4) is 11.5 Å². The SMILES string of the molecule is C(=C\c1ccc2cc(OCCOc3cccc4ccc(/C=C/c5cnccn5)nc34)ccc2n1)/c1cnccn1. The van der Waals surface area contributed by atoms with Crippen LogP contribution in [-0.2, 0) is 0 Å². The molecular formula is C32H24N6O2. The number of para-hydroxylation sites is 1. The molecule has 194 valence electrons. The molecule has 0 spiro atoms. The van der Waals surface area contributed by atoms with Gasteiger partial charge in [-0.1, -0.05) is 24.3 Å². The molecule has 8 heteroatoms. The molecule has 0 aliphatic heterocycles. The standard InChI is InChI=1S/C32H24N6O2/c1-2-23-4-6-26(9-11-28-22-34-15-17-36-28)38-32(23)31(3-1)40-19-18-39-29-12-13-30-24(20-29)5-7-25(37-30)8-10-27-21-33-14-16-35-27/h1-17,20-22H,18-19H2/b10-8+,11-9+. The van der Waals surface area contributed by atoms with Gasteiger partial charge in [0.1, 0.15) is 30.2 Å². The van der Waals surface area contributed by atoms with E-state index >= 15 is 0 Å². The first kappa shape index (κ1) is 24.8. The Morgan fingerprint density at radius 2 is 1.25 bits per heavy atom. The van der Waals surface area contributed by atoms with Gasteiger partial charge < -0.3 is 9.47 Å². The van der Waals surface area contributed by atoms with E-state index < -0.39 is 0 Å². The summed E-state index contributed by atoms with van der Waals surface area (Å²) < 4.78 is 12.0. The molecule has 0 aliphatic rings. The Bertz CT molecular complexity index is 1810. The maximum Gasteiger partial charge on any atom is 0.145 e. The second-order valence-electron chi connectivity index (χ2n) is 8.78. The van der Waals surface area contributed by atoms with Gasteiger partial charge in [0.25, 0.3) is 0 Å². The molecule has 0 N–H and O–H groups in total. The van der Waals surface area contributed by atoms with Gasteiger partial charge >= 0.3 is 0 Å². The summed E-state index contributed by atoms with van der Waals surface area (Å²) in [5.41, 5.74) is 4.89. The molecule has 6 aromatic rings. The number of hydrogen-bond acceptors (Lipinski definition) is 8. The lowest BCUT2D eigenvalue weighted by atomic mass is 10.2. The van der Waals surface area contributed by atoms with E-state index in [1.54, 1.807) is 37.2 Å². The molecule has 2 aromatic carbocycles. The average Bonchev–Trinajstić information content (AvgIpc) is 3.02. The predicted octanol–water partition coefficient (Wildman–Crippen LogP) is 6.16. The largest absolute Gasteiger partial charge is 0.490 e. The number of benzene rings is 2. The fourth-order valence-corrected chi connectivity index (χ4v) is 4.09. The zero-order valence-electron chi connectivity index (χ0n) is 21.5. The van der Waals surface area contributed by atoms with Crippen molar-refractivity contribution in [3.05, 3.63) is 121 Å². The zero-order chi connectivity index (χ0) is 27.0. The third-order valence-electron chi connectivity index (χ3n) is 6.01. The topological polar surface area (TPSA) is 95.8 Å². The number of ether oxygens (including phenoxy) is 2. The van der Waals surface area contributed by atoms with Crippen LogP contribution in [0.3, 0.4) is 0 Å². The highest BCUT2D eigenvalue weighted by Crippen LogP contribution is 2.25. The molecule has 0 saturated carbocycles. The summed E-state index contributed by atoms with van der Waals surface area (Å²) in [6.45, 7) is 0.767. The van der Waals surface area contributed by atoms with E-state index in [9.17, 15) is 0 Å². The highest BCUT2D eigenvalue weighted by atomic mass is 16.5. The molecule has 0 unspecified atom stereocenters. The molecule has 0 bridgehead atoms. The summed E-state index contributed by atoms with van der Waals surface area (Å²) in [5, 5.41) is 2.00. The van der Waals surface area contributed by atoms with Crippen molar-refractivity contribution in [2.75, 3.05) is 13.2 Å². The number of rotatable bonds is 9. The fourth-order valence-electron chi connectivity index (χ4n) is 4.09. The highest BCUT2D eigenvalue weighted by molar-refractivity contribution is 5.86. The molecule has 0 saturated heterocycles. The number of fused-ring (bicyclic) bond motifs is 2. The van der Waals surface area contributed by atoms with Crippen molar-refractivity contribution in [2.24, 2.45) is 0 Å². The first-order valence-electron chi connectivity index (χ1n) is 12.7. The van der Waals surface area contributed by atoms with Gasteiger partial charge in [-0.05, 0) is 60.7 Å². The van der Waals surface area contributed by atoms with Crippen molar-refractivity contribution in [1.82, 2.24) is 29.9 Å². The van der Waals surface area contributed by atoms with Gasteiger partial charge in [-0.15, -0.1) is 0 Å². The maximum absolute atomic E-state index is 6.06. The Hall–Kier alpha value is -5.50. The summed E-state index contributed by atoms with van der Waals surface area (Å²) in [4.78, 5) is 26.1. The van der Waals surface area contributed by atoms with E-state index in [0.29, 0.717) is 19.0 Å². The third kappa shape index (κ3) is 6.14. The Morgan fingerprint density at radius 1 is 0.575 bits per heavy atom. The third-order valence-corrected chi connectivity index (χ3v) is 6.01. The van der Waals surface area contributed by atoms with Crippen molar-refractivity contribution in [2.45, 2.75) is 0 Å². The van der Waals surface area contributed by atoms with Gasteiger partial charge in [-0.25, -0.2) is 9.97 Å². The quantitative estimate of drug-likeness (QED) is 0.208. The summed E-state index contributed by atoms with van der Waals surface area (Å²) >= 11 is 0. The number of aromatic nitrogens is 6. The molecule has 0 aliphatic carbocycles. The normalized spacial score (nSPS) is 11.5. The van der Waals surface area contributed by atoms with Gasteiger partial charge in [0.05, 0.1) is 40.7 Å². The molecular weight excluding hydrogens is 500 g/mol. The minimum atomic E-state index is 0.378. The highest BCUT2D eigenvalue weighted by Gasteiger charge is 2.06. The van der Waals surface area contributed by atoms with Gasteiger partial charge in [0, 0.05) is 35.6 Å². The second-order valence-corrected chi connectivity index (χ2v) is 8.78. The van der Waals surface area contributed by atoms with Crippen LogP contribution in [0.5, 0.6) is 11.5 Å². The molecule has 0 fully saturated rings. The molecule has 0 radical (unpaired) electrons. The van der Waals surface area contributed by atoms with Crippen LogP contribution in [-0.4, -0.2) is 43.1 Å². The fraction of sp³-hybridized carbons (Fsp3) is 0.0625. The van der Waals surface area contributed by atoms with Crippen molar-refractivity contribution >= 4 is 46.1 Å². The first-order chi connectivity index (χ1) is 19.8. The van der Waals surface area contributed by atoms with Gasteiger partial charge in [0.15, 0.2) is 0 Å². The van der Waals surface area contributed by atoms with Crippen molar-refractivity contribution < 1.29 is 9.47 Å². The average molecular weight is 525 g/mol. The lowest BCUT2D eigenvalue weighted by molar-refractivity contribution is 0.218. The Morgan fingerprint density at radius 3 is 1.98 bits per heavy atom. The van der Waals surface area contributed by atoms with E-state index in [1.807, 2.05) is 85.0 Å². The first-order valence-corrected chi connectivity index (χ1v) is 12.7. The van der Waals surface area contributed by atoms with E-state index in [1.165, 1.54) is 0 Å². The number of nitrogens with zero attached hydrogens (tertiary/aromatic N) is 6. The van der Waals surface area contributed by atoms with E-state index in [4.69, 9.17) is 19.4 Å². The van der Waals surface area contributed by atoms with Crippen LogP contribution in [0, 0.1) is 0 Å². The smallest absolute Gasteiger partial charge is 0.145 e. The van der Waals surface area contributed by atoms with Crippen molar-refractivity contribution in [1.29, 1.82) is 0 Å². The minimum Gasteiger partial charge on any atom is -0.490 e. The lowest BCUT2D eigenvalue weighted by Crippen LogP contribution is -2.09. The molecule has 4 heterocycles. The zero-order valence-corrected chi connectivity index (χ0v) is 21.5. The summed E-state index contributed by atoms with van der Waals surface area (Å²) in [5.74, 6) is 1.47. The van der Waals surface area contributed by atoms with Crippen LogP contribution in [0.2, 0.25) is 0 Å². The summed E-state index contributed by atoms with van der Waals surface area (Å²) in [6.07, 6.45) is 17.6. The second kappa shape index (κ2) is 11.9. The molecule has 8 nitrogen and oxygen atoms in total. The number of pyridine rings is 2. The predicted molar refractivity (Wildman–Crippen MR) is 156 cm³/mol. The molecule has 40 heavy (non-hydrogen) atoms. The van der Waals surface area contributed by atoms with Crippen LogP contribution in [0.15, 0.2) is 97.8 Å². The minimum absolute atomic E-state index is 0.378. The Kier molecular flexibility index (Phi) is 7.39. The molecule has 0 amide bonds. The van der Waals surface area contributed by atoms with Crippen molar-refractivity contribution in [3.63, 3.8) is 0 Å². The molecule has 6 rings (SSSR count). The van der Waals surface area contributed by atoms with E-state index in [-0.39, 0.29) is 0 Å². The Labute approximate surface area is 230 Å². The lowest BCUT2D eigenvalue weighted by Gasteiger charge is -2.11. The van der Waals surface area contributed by atoms with Crippen LogP contribution in [0.25, 0.3) is 46.1 Å². The van der Waals surface area contributed by atoms with E-state index in [0.717, 1.165) is 50.3 Å². The van der Waals surface area contributed by atoms with E-state index in [2.05, 4.69) is 19.9 Å². The Balaban J connectivity index is 1.08. The molecule has 4 aromatic heterocycles. The number of hydrogen-bond donors (Lipinski definition) is 0. The van der Waals surface area contributed by atoms with Gasteiger partial charge in [-0.3, -0.25) is 19.9 Å². The maximum atomic E-state index is 6.06. The van der Waals surface area contributed by atoms with Crippen LogP contribution >= 0.6 is 0 Å². The molecule has 0 atom stereocenters. The van der Waals surface area contributed by atoms with Crippen LogP contribution in [0.4, 0.5) is 0 Å². The van der Waals surface area contributed by atoms with Crippen LogP contribution in [0.1, 0.15) is 22.8 Å². The summed E-state index contributed by atoms with van der Waals surface area (Å²) in [6, 6.07) is 19.7. The summed E-state index contributed by atoms with van der Waals surface area (Å²) in [7, 11) is 0.